The van der Waals surface area contributed by atoms with Gasteiger partial charge in [0.05, 0.1) is 22.3 Å². The van der Waals surface area contributed by atoms with Gasteiger partial charge in [-0.05, 0) is 36.9 Å². The van der Waals surface area contributed by atoms with Crippen molar-refractivity contribution in [3.05, 3.63) is 40.7 Å². The zero-order valence-electron chi connectivity index (χ0n) is 8.40. The number of halogens is 1. The molecule has 5 heteroatoms. The first-order chi connectivity index (χ1) is 7.69. The van der Waals surface area contributed by atoms with Crippen molar-refractivity contribution < 1.29 is 4.42 Å². The topological polar surface area (TPSA) is 49.8 Å². The van der Waals surface area contributed by atoms with E-state index in [2.05, 4.69) is 4.98 Å². The predicted molar refractivity (Wildman–Crippen MR) is 61.5 cm³/mol. The predicted octanol–water partition coefficient (Wildman–Crippen LogP) is 3.66. The maximum Gasteiger partial charge on any atom is 0.260 e. The smallest absolute Gasteiger partial charge is 0.260 e. The zero-order chi connectivity index (χ0) is 11.5. The van der Waals surface area contributed by atoms with Gasteiger partial charge in [-0.1, -0.05) is 11.6 Å². The monoisotopic (exact) mass is 250 g/mol. The van der Waals surface area contributed by atoms with Crippen LogP contribution in [0.3, 0.4) is 0 Å². The standard InChI is InChI=1S/C11H7ClN2OS/c1-7-6-15-11(14-7)16-10-3-2-8(5-13)4-9(10)12/h2-4,6H,1H3. The molecule has 0 aliphatic carbocycles. The summed E-state index contributed by atoms with van der Waals surface area (Å²) in [5.41, 5.74) is 1.37. The number of hydrogen-bond donors (Lipinski definition) is 0. The molecule has 80 valence electrons. The van der Waals surface area contributed by atoms with Gasteiger partial charge in [0.15, 0.2) is 0 Å². The van der Waals surface area contributed by atoms with E-state index in [1.807, 2.05) is 13.0 Å². The molecule has 2 aromatic rings. The molecular formula is C11H7ClN2OS. The normalized spacial score (nSPS) is 10.1. The Morgan fingerprint density at radius 1 is 1.50 bits per heavy atom. The molecule has 1 aromatic heterocycles. The molecule has 0 aliphatic heterocycles. The maximum absolute atomic E-state index is 8.70. The van der Waals surface area contributed by atoms with Crippen molar-refractivity contribution in [3.63, 3.8) is 0 Å². The van der Waals surface area contributed by atoms with Crippen molar-refractivity contribution in [1.82, 2.24) is 4.98 Å². The highest BCUT2D eigenvalue weighted by molar-refractivity contribution is 7.99. The van der Waals surface area contributed by atoms with Crippen LogP contribution in [0.25, 0.3) is 0 Å². The second-order valence-electron chi connectivity index (χ2n) is 3.11. The van der Waals surface area contributed by atoms with Crippen LogP contribution in [0.5, 0.6) is 0 Å². The van der Waals surface area contributed by atoms with Crippen LogP contribution in [-0.4, -0.2) is 4.98 Å². The lowest BCUT2D eigenvalue weighted by Crippen LogP contribution is -1.79. The highest BCUT2D eigenvalue weighted by Crippen LogP contribution is 2.33. The molecule has 0 saturated carbocycles. The first-order valence-corrected chi connectivity index (χ1v) is 5.68. The molecule has 16 heavy (non-hydrogen) atoms. The molecule has 0 saturated heterocycles. The number of hydrogen-bond acceptors (Lipinski definition) is 4. The second-order valence-corrected chi connectivity index (χ2v) is 4.51. The summed E-state index contributed by atoms with van der Waals surface area (Å²) < 4.78 is 5.21. The molecule has 0 fully saturated rings. The van der Waals surface area contributed by atoms with Gasteiger partial charge in [-0.15, -0.1) is 0 Å². The Morgan fingerprint density at radius 3 is 2.88 bits per heavy atom. The van der Waals surface area contributed by atoms with Crippen LogP contribution in [-0.2, 0) is 0 Å². The molecule has 0 bridgehead atoms. The Morgan fingerprint density at radius 2 is 2.31 bits per heavy atom. The second kappa shape index (κ2) is 4.60. The van der Waals surface area contributed by atoms with Gasteiger partial charge in [-0.2, -0.15) is 5.26 Å². The van der Waals surface area contributed by atoms with Crippen molar-refractivity contribution in [2.75, 3.05) is 0 Å². The number of rotatable bonds is 2. The first-order valence-electron chi connectivity index (χ1n) is 4.48. The van der Waals surface area contributed by atoms with Crippen molar-refractivity contribution >= 4 is 23.4 Å². The number of oxazole rings is 1. The van der Waals surface area contributed by atoms with Crippen molar-refractivity contribution in [2.24, 2.45) is 0 Å². The largest absolute Gasteiger partial charge is 0.439 e. The minimum atomic E-state index is 0.528. The highest BCUT2D eigenvalue weighted by Gasteiger charge is 2.07. The number of benzene rings is 1. The fourth-order valence-corrected chi connectivity index (χ4v) is 2.19. The van der Waals surface area contributed by atoms with Gasteiger partial charge in [0.1, 0.15) is 6.26 Å². The van der Waals surface area contributed by atoms with E-state index in [1.165, 1.54) is 11.8 Å². The van der Waals surface area contributed by atoms with Crippen LogP contribution in [0.1, 0.15) is 11.3 Å². The third kappa shape index (κ3) is 2.38. The van der Waals surface area contributed by atoms with Crippen molar-refractivity contribution in [3.8, 4) is 6.07 Å². The van der Waals surface area contributed by atoms with Gasteiger partial charge in [0.25, 0.3) is 5.22 Å². The van der Waals surface area contributed by atoms with Gasteiger partial charge in [-0.3, -0.25) is 0 Å². The highest BCUT2D eigenvalue weighted by atomic mass is 35.5. The summed E-state index contributed by atoms with van der Waals surface area (Å²) in [5, 5.41) is 9.77. The fourth-order valence-electron chi connectivity index (χ4n) is 1.13. The zero-order valence-corrected chi connectivity index (χ0v) is 9.97. The molecule has 0 atom stereocenters. The molecular weight excluding hydrogens is 244 g/mol. The summed E-state index contributed by atoms with van der Waals surface area (Å²) in [6.07, 6.45) is 1.58. The van der Waals surface area contributed by atoms with E-state index in [-0.39, 0.29) is 0 Å². The SMILES string of the molecule is Cc1coc(Sc2ccc(C#N)cc2Cl)n1. The molecule has 1 heterocycles. The van der Waals surface area contributed by atoms with E-state index in [4.69, 9.17) is 21.3 Å². The Hall–Kier alpha value is -1.44. The summed E-state index contributed by atoms with van der Waals surface area (Å²) in [4.78, 5) is 4.98. The number of nitrogens with zero attached hydrogens (tertiary/aromatic N) is 2. The Balaban J connectivity index is 2.26. The third-order valence-corrected chi connectivity index (χ3v) is 3.22. The van der Waals surface area contributed by atoms with E-state index in [0.29, 0.717) is 15.8 Å². The number of aryl methyl sites for hydroxylation is 1. The van der Waals surface area contributed by atoms with Crippen LogP contribution < -0.4 is 0 Å². The summed E-state index contributed by atoms with van der Waals surface area (Å²) in [6.45, 7) is 1.86. The molecule has 0 aliphatic rings. The average Bonchev–Trinajstić information content (AvgIpc) is 2.67. The Kier molecular flexibility index (Phi) is 3.18. The van der Waals surface area contributed by atoms with E-state index < -0.39 is 0 Å². The van der Waals surface area contributed by atoms with Gasteiger partial charge >= 0.3 is 0 Å². The van der Waals surface area contributed by atoms with E-state index >= 15 is 0 Å². The molecule has 0 radical (unpaired) electrons. The molecule has 0 N–H and O–H groups in total. The van der Waals surface area contributed by atoms with E-state index in [9.17, 15) is 0 Å². The van der Waals surface area contributed by atoms with Crippen molar-refractivity contribution in [2.45, 2.75) is 17.0 Å². The Bertz CT molecular complexity index is 559. The summed E-state index contributed by atoms with van der Waals surface area (Å²) in [7, 11) is 0. The lowest BCUT2D eigenvalue weighted by atomic mass is 10.2. The summed E-state index contributed by atoms with van der Waals surface area (Å²) in [5.74, 6) is 0. The van der Waals surface area contributed by atoms with E-state index in [0.717, 1.165) is 10.6 Å². The molecule has 0 unspecified atom stereocenters. The lowest BCUT2D eigenvalue weighted by molar-refractivity contribution is 0.454. The van der Waals surface area contributed by atoms with Gasteiger partial charge < -0.3 is 4.42 Å². The van der Waals surface area contributed by atoms with Gasteiger partial charge in [0.2, 0.25) is 0 Å². The molecule has 0 spiro atoms. The molecule has 2 rings (SSSR count). The number of nitriles is 1. The summed E-state index contributed by atoms with van der Waals surface area (Å²) in [6, 6.07) is 7.15. The maximum atomic E-state index is 8.70. The fraction of sp³-hybridized carbons (Fsp3) is 0.0909. The van der Waals surface area contributed by atoms with Gasteiger partial charge in [0, 0.05) is 4.90 Å². The molecule has 0 amide bonds. The molecule has 1 aromatic carbocycles. The number of aromatic nitrogens is 1. The van der Waals surface area contributed by atoms with Crippen LogP contribution in [0.4, 0.5) is 0 Å². The van der Waals surface area contributed by atoms with Crippen LogP contribution in [0, 0.1) is 18.3 Å². The van der Waals surface area contributed by atoms with Crippen LogP contribution in [0.2, 0.25) is 5.02 Å². The average molecular weight is 251 g/mol. The third-order valence-electron chi connectivity index (χ3n) is 1.86. The lowest BCUT2D eigenvalue weighted by Gasteiger charge is -2.00. The van der Waals surface area contributed by atoms with Gasteiger partial charge in [-0.25, -0.2) is 4.98 Å². The van der Waals surface area contributed by atoms with Crippen LogP contribution >= 0.6 is 23.4 Å². The minimum Gasteiger partial charge on any atom is -0.439 e. The van der Waals surface area contributed by atoms with E-state index in [1.54, 1.807) is 24.5 Å². The Labute approximate surface area is 102 Å². The minimum absolute atomic E-state index is 0.528. The first kappa shape index (κ1) is 11.1. The molecule has 3 nitrogen and oxygen atoms in total. The van der Waals surface area contributed by atoms with Crippen molar-refractivity contribution in [1.29, 1.82) is 5.26 Å². The quantitative estimate of drug-likeness (QED) is 0.816. The summed E-state index contributed by atoms with van der Waals surface area (Å²) >= 11 is 7.36. The van der Waals surface area contributed by atoms with Crippen LogP contribution in [0.15, 0.2) is 39.0 Å².